The van der Waals surface area contributed by atoms with Crippen molar-refractivity contribution in [2.75, 3.05) is 27.9 Å². The van der Waals surface area contributed by atoms with Gasteiger partial charge in [0.15, 0.2) is 0 Å². The van der Waals surface area contributed by atoms with Crippen LogP contribution in [0.5, 0.6) is 0 Å². The lowest BCUT2D eigenvalue weighted by atomic mass is 10.4. The predicted octanol–water partition coefficient (Wildman–Crippen LogP) is 2.07. The van der Waals surface area contributed by atoms with Gasteiger partial charge >= 0.3 is 21.5 Å². The second kappa shape index (κ2) is 19.5. The minimum Gasteiger partial charge on any atom is -0.478 e. The largest absolute Gasteiger partial charge is 0.576 e. The highest BCUT2D eigenvalue weighted by atomic mass is 28.3. The molecule has 0 rings (SSSR count). The van der Waals surface area contributed by atoms with E-state index >= 15 is 0 Å². The first kappa shape index (κ1) is 25.5. The molecule has 0 saturated carbocycles. The zero-order chi connectivity index (χ0) is 18.0. The quantitative estimate of drug-likeness (QED) is 0.314. The van der Waals surface area contributed by atoms with Crippen LogP contribution in [0.2, 0.25) is 0 Å². The third kappa shape index (κ3) is 23.6. The van der Waals surface area contributed by atoms with Crippen molar-refractivity contribution in [3.8, 4) is 0 Å². The molecule has 0 aromatic heterocycles. The monoisotopic (exact) mass is 335 g/mol. The molecule has 0 amide bonds. The normalized spacial score (nSPS) is 8.82. The van der Waals surface area contributed by atoms with Gasteiger partial charge in [0, 0.05) is 33.0 Å². The van der Waals surface area contributed by atoms with E-state index in [1.807, 2.05) is 6.92 Å². The number of esters is 1. The van der Waals surface area contributed by atoms with Crippen LogP contribution >= 0.6 is 0 Å². The van der Waals surface area contributed by atoms with Gasteiger partial charge < -0.3 is 23.1 Å². The number of hydrogen-bond donors (Lipinski definition) is 1. The van der Waals surface area contributed by atoms with Gasteiger partial charge in [-0.2, -0.15) is 0 Å². The fraction of sp³-hybridized carbons (Fsp3) is 0.571. The fourth-order valence-corrected chi connectivity index (χ4v) is 1.13. The zero-order valence-electron chi connectivity index (χ0n) is 14.0. The Labute approximate surface area is 134 Å². The molecule has 22 heavy (non-hydrogen) atoms. The SMILES string of the molecule is C=C(C)C(=O)O.C=CC(=O)OCCCC.CO[Si](OC)OC. The molecule has 0 spiro atoms. The van der Waals surface area contributed by atoms with Crippen LogP contribution in [-0.4, -0.2) is 54.5 Å². The van der Waals surface area contributed by atoms with E-state index in [4.69, 9.17) is 18.4 Å². The molecule has 7 nitrogen and oxygen atoms in total. The average molecular weight is 335 g/mol. The van der Waals surface area contributed by atoms with Crippen molar-refractivity contribution in [1.29, 1.82) is 0 Å². The summed E-state index contributed by atoms with van der Waals surface area (Å²) in [5.74, 6) is -1.27. The summed E-state index contributed by atoms with van der Waals surface area (Å²) in [7, 11) is 3.31. The van der Waals surface area contributed by atoms with Crippen LogP contribution in [0.25, 0.3) is 0 Å². The summed E-state index contributed by atoms with van der Waals surface area (Å²) >= 11 is 0. The second-order valence-corrected chi connectivity index (χ2v) is 5.40. The topological polar surface area (TPSA) is 91.3 Å². The lowest BCUT2D eigenvalue weighted by Gasteiger charge is -2.02. The van der Waals surface area contributed by atoms with Crippen molar-refractivity contribution in [1.82, 2.24) is 0 Å². The minimum absolute atomic E-state index is 0.176. The Morgan fingerprint density at radius 2 is 1.59 bits per heavy atom. The zero-order valence-corrected chi connectivity index (χ0v) is 15.0. The summed E-state index contributed by atoms with van der Waals surface area (Å²) in [5, 5.41) is 7.89. The van der Waals surface area contributed by atoms with Crippen molar-refractivity contribution in [3.63, 3.8) is 0 Å². The van der Waals surface area contributed by atoms with E-state index in [0.717, 1.165) is 12.8 Å². The van der Waals surface area contributed by atoms with Gasteiger partial charge in [0.2, 0.25) is 0 Å². The Hall–Kier alpha value is -1.48. The maximum atomic E-state index is 10.3. The Kier molecular flexibility index (Phi) is 22.6. The van der Waals surface area contributed by atoms with Gasteiger partial charge in [-0.05, 0) is 13.3 Å². The maximum absolute atomic E-state index is 10.3. The van der Waals surface area contributed by atoms with Gasteiger partial charge in [-0.25, -0.2) is 9.59 Å². The van der Waals surface area contributed by atoms with Gasteiger partial charge in [0.25, 0.3) is 0 Å². The second-order valence-electron chi connectivity index (χ2n) is 3.67. The predicted molar refractivity (Wildman–Crippen MR) is 85.3 cm³/mol. The molecule has 0 aliphatic heterocycles. The number of carboxylic acids is 1. The standard InChI is InChI=1S/C7H12O2.C4H6O2.C3H9O3Si/c1-3-5-6-9-7(8)4-2;1-3(2)4(5)6;1-4-7(5-2)6-3/h4H,2-3,5-6H2,1H3;1H2,2H3,(H,5,6);1-3H3. The lowest BCUT2D eigenvalue weighted by Crippen LogP contribution is -2.21. The number of unbranched alkanes of at least 4 members (excludes halogenated alkanes) is 1. The van der Waals surface area contributed by atoms with Crippen LogP contribution in [0.4, 0.5) is 0 Å². The van der Waals surface area contributed by atoms with Crippen molar-refractivity contribution >= 4 is 21.5 Å². The number of ether oxygens (including phenoxy) is 1. The molecule has 0 aliphatic carbocycles. The minimum atomic E-state index is -1.36. The highest BCUT2D eigenvalue weighted by Gasteiger charge is 2.09. The van der Waals surface area contributed by atoms with Gasteiger partial charge in [-0.1, -0.05) is 26.5 Å². The third-order valence-electron chi connectivity index (χ3n) is 1.77. The molecule has 0 bridgehead atoms. The van der Waals surface area contributed by atoms with Crippen LogP contribution in [0.1, 0.15) is 26.7 Å². The Morgan fingerprint density at radius 3 is 1.77 bits per heavy atom. The van der Waals surface area contributed by atoms with Gasteiger partial charge in [-0.3, -0.25) is 0 Å². The fourth-order valence-electron chi connectivity index (χ4n) is 0.626. The van der Waals surface area contributed by atoms with Crippen LogP contribution in [0, 0.1) is 0 Å². The average Bonchev–Trinajstić information content (AvgIpc) is 2.50. The summed E-state index contributed by atoms with van der Waals surface area (Å²) in [6.45, 7) is 10.4. The molecule has 0 fully saturated rings. The lowest BCUT2D eigenvalue weighted by molar-refractivity contribution is -0.138. The van der Waals surface area contributed by atoms with Crippen LogP contribution < -0.4 is 0 Å². The van der Waals surface area contributed by atoms with E-state index in [2.05, 4.69) is 17.9 Å². The number of carbonyl (C=O) groups is 2. The molecule has 0 heterocycles. The molecular weight excluding hydrogens is 308 g/mol. The van der Waals surface area contributed by atoms with E-state index in [1.165, 1.54) is 13.0 Å². The van der Waals surface area contributed by atoms with E-state index in [9.17, 15) is 9.59 Å². The van der Waals surface area contributed by atoms with Crippen LogP contribution in [0.3, 0.4) is 0 Å². The highest BCUT2D eigenvalue weighted by molar-refractivity contribution is 6.36. The molecule has 0 atom stereocenters. The van der Waals surface area contributed by atoms with Crippen LogP contribution in [0.15, 0.2) is 24.8 Å². The van der Waals surface area contributed by atoms with E-state index in [0.29, 0.717) is 6.61 Å². The van der Waals surface area contributed by atoms with Gasteiger partial charge in [0.05, 0.1) is 6.61 Å². The Morgan fingerprint density at radius 1 is 1.18 bits per heavy atom. The molecular formula is C14H27O7Si. The molecule has 1 radical (unpaired) electrons. The molecule has 8 heteroatoms. The van der Waals surface area contributed by atoms with Gasteiger partial charge in [0.1, 0.15) is 0 Å². The molecule has 1 N–H and O–H groups in total. The first-order chi connectivity index (χ1) is 10.3. The first-order valence-corrected chi connectivity index (χ1v) is 7.69. The Bertz CT molecular complexity index is 297. The summed E-state index contributed by atoms with van der Waals surface area (Å²) in [6.07, 6.45) is 3.15. The first-order valence-electron chi connectivity index (χ1n) is 6.47. The van der Waals surface area contributed by atoms with Gasteiger partial charge in [-0.15, -0.1) is 0 Å². The number of carboxylic acid groups (broad SMARTS) is 1. The summed E-state index contributed by atoms with van der Waals surface area (Å²) < 4.78 is 18.8. The van der Waals surface area contributed by atoms with E-state index in [-0.39, 0.29) is 11.5 Å². The number of hydrogen-bond acceptors (Lipinski definition) is 6. The molecule has 0 aromatic carbocycles. The van der Waals surface area contributed by atoms with Crippen molar-refractivity contribution in [3.05, 3.63) is 24.8 Å². The van der Waals surface area contributed by atoms with Crippen LogP contribution in [-0.2, 0) is 27.6 Å². The van der Waals surface area contributed by atoms with E-state index < -0.39 is 15.5 Å². The molecule has 0 unspecified atom stereocenters. The van der Waals surface area contributed by atoms with E-state index in [1.54, 1.807) is 21.3 Å². The molecule has 0 aromatic rings. The maximum Gasteiger partial charge on any atom is 0.576 e. The summed E-state index contributed by atoms with van der Waals surface area (Å²) in [6, 6.07) is 0. The summed E-state index contributed by atoms with van der Waals surface area (Å²) in [4.78, 5) is 19.9. The Balaban J connectivity index is -0.000000252. The number of rotatable bonds is 8. The number of carbonyl (C=O) groups excluding carboxylic acids is 1. The molecule has 0 saturated heterocycles. The number of aliphatic carboxylic acids is 1. The smallest absolute Gasteiger partial charge is 0.478 e. The van der Waals surface area contributed by atoms with Crippen molar-refractivity contribution in [2.45, 2.75) is 26.7 Å². The third-order valence-corrected chi connectivity index (χ3v) is 2.77. The summed E-state index contributed by atoms with van der Waals surface area (Å²) in [5.41, 5.74) is 0.176. The highest BCUT2D eigenvalue weighted by Crippen LogP contribution is 1.88. The van der Waals surface area contributed by atoms with Crippen molar-refractivity contribution < 1.29 is 32.7 Å². The molecule has 129 valence electrons. The van der Waals surface area contributed by atoms with Crippen molar-refractivity contribution in [2.24, 2.45) is 0 Å². The molecule has 0 aliphatic rings.